The van der Waals surface area contributed by atoms with Gasteiger partial charge in [0.25, 0.3) is 10.0 Å². The Morgan fingerprint density at radius 2 is 1.67 bits per heavy atom. The minimum Gasteiger partial charge on any atom is -0.478 e. The maximum Gasteiger partial charge on any atom is 0.335 e. The average molecular weight is 313 g/mol. The molecule has 0 aliphatic carbocycles. The highest BCUT2D eigenvalue weighted by atomic mass is 32.2. The fourth-order valence-electron chi connectivity index (χ4n) is 1.55. The Balaban J connectivity index is 2.38. The zero-order valence-electron chi connectivity index (χ0n) is 10.4. The summed E-state index contributed by atoms with van der Waals surface area (Å²) in [5.74, 6) is -2.86. The van der Waals surface area contributed by atoms with Gasteiger partial charge in [-0.3, -0.25) is 4.72 Å². The van der Waals surface area contributed by atoms with E-state index in [-0.39, 0.29) is 10.5 Å². The predicted molar refractivity (Wildman–Crippen MR) is 70.6 cm³/mol. The van der Waals surface area contributed by atoms with Gasteiger partial charge >= 0.3 is 5.97 Å². The molecule has 0 saturated heterocycles. The molecule has 0 aromatic heterocycles. The lowest BCUT2D eigenvalue weighted by Crippen LogP contribution is -2.14. The third-order valence-corrected chi connectivity index (χ3v) is 3.96. The van der Waals surface area contributed by atoms with Crippen LogP contribution in [0, 0.1) is 11.6 Å². The maximum atomic E-state index is 13.6. The Hall–Kier alpha value is -2.48. The van der Waals surface area contributed by atoms with Gasteiger partial charge in [0.15, 0.2) is 0 Å². The molecule has 21 heavy (non-hydrogen) atoms. The number of hydrogen-bond acceptors (Lipinski definition) is 3. The van der Waals surface area contributed by atoms with Gasteiger partial charge in [-0.1, -0.05) is 0 Å². The van der Waals surface area contributed by atoms with Crippen molar-refractivity contribution >= 4 is 21.7 Å². The van der Waals surface area contributed by atoms with Crippen LogP contribution in [0.4, 0.5) is 14.5 Å². The van der Waals surface area contributed by atoms with Gasteiger partial charge in [0.1, 0.15) is 11.6 Å². The first-order valence-electron chi connectivity index (χ1n) is 5.61. The topological polar surface area (TPSA) is 83.5 Å². The summed E-state index contributed by atoms with van der Waals surface area (Å²) in [4.78, 5) is 10.5. The molecular formula is C13H9F2NO4S. The number of carbonyl (C=O) groups is 1. The molecule has 0 unspecified atom stereocenters. The first-order chi connectivity index (χ1) is 9.79. The van der Waals surface area contributed by atoms with Crippen molar-refractivity contribution in [1.82, 2.24) is 0 Å². The number of halogens is 2. The second-order valence-electron chi connectivity index (χ2n) is 4.06. The molecule has 0 aliphatic rings. The third kappa shape index (κ3) is 3.34. The van der Waals surface area contributed by atoms with Crippen molar-refractivity contribution in [3.8, 4) is 0 Å². The van der Waals surface area contributed by atoms with Crippen LogP contribution in [0.25, 0.3) is 0 Å². The minimum atomic E-state index is -4.14. The Kier molecular flexibility index (Phi) is 3.90. The van der Waals surface area contributed by atoms with Crippen LogP contribution in [0.5, 0.6) is 0 Å². The molecule has 2 N–H and O–H groups in total. The highest BCUT2D eigenvalue weighted by molar-refractivity contribution is 7.92. The van der Waals surface area contributed by atoms with Crippen molar-refractivity contribution in [3.05, 3.63) is 59.7 Å². The minimum absolute atomic E-state index is 0.270. The molecule has 0 spiro atoms. The number of nitrogens with one attached hydrogen (secondary N) is 1. The monoisotopic (exact) mass is 313 g/mol. The molecular weight excluding hydrogens is 304 g/mol. The number of aromatic carboxylic acids is 1. The second-order valence-corrected chi connectivity index (χ2v) is 5.74. The largest absolute Gasteiger partial charge is 0.478 e. The van der Waals surface area contributed by atoms with Crippen molar-refractivity contribution in [2.45, 2.75) is 4.90 Å². The first kappa shape index (κ1) is 14.9. The van der Waals surface area contributed by atoms with Crippen LogP contribution in [-0.2, 0) is 10.0 Å². The lowest BCUT2D eigenvalue weighted by Gasteiger charge is -2.09. The standard InChI is InChI=1S/C13H9F2NO4S/c14-9-2-4-10(5-3-9)21(19,20)16-12-7-8(13(17)18)1-6-11(12)15/h1-7,16H,(H,17,18). The summed E-state index contributed by atoms with van der Waals surface area (Å²) in [6.45, 7) is 0. The van der Waals surface area contributed by atoms with Crippen LogP contribution in [-0.4, -0.2) is 19.5 Å². The molecule has 8 heteroatoms. The predicted octanol–water partition coefficient (Wildman–Crippen LogP) is 2.46. The molecule has 0 bridgehead atoms. The number of benzene rings is 2. The Morgan fingerprint density at radius 3 is 2.24 bits per heavy atom. The number of carboxylic acids is 1. The van der Waals surface area contributed by atoms with Crippen LogP contribution >= 0.6 is 0 Å². The van der Waals surface area contributed by atoms with E-state index in [0.717, 1.165) is 42.5 Å². The molecule has 2 rings (SSSR count). The number of carboxylic acid groups (broad SMARTS) is 1. The fraction of sp³-hybridized carbons (Fsp3) is 0. The van der Waals surface area contributed by atoms with Gasteiger partial charge in [0.05, 0.1) is 16.1 Å². The van der Waals surface area contributed by atoms with E-state index in [1.54, 1.807) is 0 Å². The third-order valence-electron chi connectivity index (χ3n) is 2.58. The van der Waals surface area contributed by atoms with E-state index >= 15 is 0 Å². The summed E-state index contributed by atoms with van der Waals surface area (Å²) in [7, 11) is -4.14. The molecule has 2 aromatic carbocycles. The van der Waals surface area contributed by atoms with Gasteiger partial charge in [-0.05, 0) is 42.5 Å². The fourth-order valence-corrected chi connectivity index (χ4v) is 2.61. The second kappa shape index (κ2) is 5.49. The van der Waals surface area contributed by atoms with Gasteiger partial charge in [-0.2, -0.15) is 0 Å². The van der Waals surface area contributed by atoms with Crippen LogP contribution in [0.1, 0.15) is 10.4 Å². The zero-order chi connectivity index (χ0) is 15.6. The first-order valence-corrected chi connectivity index (χ1v) is 7.09. The lowest BCUT2D eigenvalue weighted by molar-refractivity contribution is 0.0697. The van der Waals surface area contributed by atoms with Crippen LogP contribution in [0.2, 0.25) is 0 Å². The molecule has 0 saturated carbocycles. The summed E-state index contributed by atoms with van der Waals surface area (Å²) in [5.41, 5.74) is -0.771. The average Bonchev–Trinajstić information content (AvgIpc) is 2.41. The summed E-state index contributed by atoms with van der Waals surface area (Å²) in [6.07, 6.45) is 0. The van der Waals surface area contributed by atoms with Crippen LogP contribution in [0.3, 0.4) is 0 Å². The number of anilines is 1. The Morgan fingerprint density at radius 1 is 1.05 bits per heavy atom. The smallest absolute Gasteiger partial charge is 0.335 e. The van der Waals surface area contributed by atoms with E-state index in [1.165, 1.54) is 0 Å². The van der Waals surface area contributed by atoms with Gasteiger partial charge in [0.2, 0.25) is 0 Å². The van der Waals surface area contributed by atoms with Gasteiger partial charge < -0.3 is 5.11 Å². The zero-order valence-corrected chi connectivity index (χ0v) is 11.2. The van der Waals surface area contributed by atoms with Crippen LogP contribution in [0.15, 0.2) is 47.4 Å². The molecule has 0 amide bonds. The molecule has 0 fully saturated rings. The molecule has 5 nitrogen and oxygen atoms in total. The van der Waals surface area contributed by atoms with Crippen molar-refractivity contribution in [1.29, 1.82) is 0 Å². The van der Waals surface area contributed by atoms with E-state index < -0.39 is 33.3 Å². The number of hydrogen-bond donors (Lipinski definition) is 2. The Bertz CT molecular complexity index is 788. The normalized spacial score (nSPS) is 11.1. The van der Waals surface area contributed by atoms with E-state index in [0.29, 0.717) is 0 Å². The molecule has 0 heterocycles. The van der Waals surface area contributed by atoms with Crippen LogP contribution < -0.4 is 4.72 Å². The van der Waals surface area contributed by atoms with Crippen molar-refractivity contribution in [2.24, 2.45) is 0 Å². The molecule has 0 aliphatic heterocycles. The summed E-state index contributed by atoms with van der Waals surface area (Å²) < 4.78 is 52.3. The van der Waals surface area contributed by atoms with Crippen molar-refractivity contribution in [2.75, 3.05) is 4.72 Å². The highest BCUT2D eigenvalue weighted by Gasteiger charge is 2.17. The van der Waals surface area contributed by atoms with Crippen molar-refractivity contribution < 1.29 is 27.1 Å². The van der Waals surface area contributed by atoms with E-state index in [2.05, 4.69) is 0 Å². The van der Waals surface area contributed by atoms with Gasteiger partial charge in [0, 0.05) is 0 Å². The highest BCUT2D eigenvalue weighted by Crippen LogP contribution is 2.21. The SMILES string of the molecule is O=C(O)c1ccc(F)c(NS(=O)(=O)c2ccc(F)cc2)c1. The molecule has 110 valence electrons. The van der Waals surface area contributed by atoms with E-state index in [9.17, 15) is 22.0 Å². The number of rotatable bonds is 4. The molecule has 0 atom stereocenters. The quantitative estimate of drug-likeness (QED) is 0.908. The van der Waals surface area contributed by atoms with Gasteiger partial charge in [-0.25, -0.2) is 22.0 Å². The lowest BCUT2D eigenvalue weighted by atomic mass is 10.2. The Labute approximate surface area is 118 Å². The molecule has 2 aromatic rings. The van der Waals surface area contributed by atoms with Gasteiger partial charge in [-0.15, -0.1) is 0 Å². The molecule has 0 radical (unpaired) electrons. The van der Waals surface area contributed by atoms with E-state index in [1.807, 2.05) is 4.72 Å². The summed E-state index contributed by atoms with van der Waals surface area (Å²) >= 11 is 0. The summed E-state index contributed by atoms with van der Waals surface area (Å²) in [6, 6.07) is 6.61. The van der Waals surface area contributed by atoms with E-state index in [4.69, 9.17) is 5.11 Å². The van der Waals surface area contributed by atoms with Crippen molar-refractivity contribution in [3.63, 3.8) is 0 Å². The number of sulfonamides is 1. The summed E-state index contributed by atoms with van der Waals surface area (Å²) in [5, 5.41) is 8.80. The maximum absolute atomic E-state index is 13.6.